The van der Waals surface area contributed by atoms with Gasteiger partial charge in [0.15, 0.2) is 0 Å². The molecule has 1 aromatic carbocycles. The van der Waals surface area contributed by atoms with Crippen molar-refractivity contribution in [2.24, 2.45) is 5.41 Å². The van der Waals surface area contributed by atoms with Gasteiger partial charge in [0.25, 0.3) is 5.69 Å². The number of carbonyl (C=O) groups is 1. The molecule has 1 heterocycles. The Morgan fingerprint density at radius 1 is 1.15 bits per heavy atom. The minimum atomic E-state index is -0.459. The number of carbonyl (C=O) groups excluding carboxylic acids is 1. The highest BCUT2D eigenvalue weighted by molar-refractivity contribution is 5.69. The van der Waals surface area contributed by atoms with Crippen LogP contribution < -0.4 is 0 Å². The quantitative estimate of drug-likeness (QED) is 0.530. The van der Waals surface area contributed by atoms with Gasteiger partial charge in [-0.2, -0.15) is 0 Å². The monoisotopic (exact) mass is 372 g/mol. The van der Waals surface area contributed by atoms with Crippen molar-refractivity contribution in [1.29, 1.82) is 0 Å². The second-order valence-electron chi connectivity index (χ2n) is 8.70. The fraction of sp³-hybridized carbons (Fsp3) is 0.571. The number of hydrogen-bond acceptors (Lipinski definition) is 4. The molecule has 1 amide bonds. The number of nitro groups is 1. The van der Waals surface area contributed by atoms with E-state index < -0.39 is 5.60 Å². The summed E-state index contributed by atoms with van der Waals surface area (Å²) in [6.45, 7) is 7.16. The van der Waals surface area contributed by atoms with Gasteiger partial charge in [0, 0.05) is 25.2 Å². The van der Waals surface area contributed by atoms with E-state index in [4.69, 9.17) is 4.74 Å². The Morgan fingerprint density at radius 3 is 2.26 bits per heavy atom. The van der Waals surface area contributed by atoms with E-state index in [0.717, 1.165) is 50.8 Å². The van der Waals surface area contributed by atoms with Crippen LogP contribution in [0.5, 0.6) is 0 Å². The molecule has 1 aliphatic carbocycles. The van der Waals surface area contributed by atoms with Gasteiger partial charge in [0.1, 0.15) is 5.60 Å². The number of hydrogen-bond donors (Lipinski definition) is 0. The number of likely N-dealkylation sites (tertiary alicyclic amines) is 1. The maximum absolute atomic E-state index is 12.2. The molecule has 0 unspecified atom stereocenters. The van der Waals surface area contributed by atoms with Crippen LogP contribution in [0.4, 0.5) is 10.5 Å². The molecule has 1 fully saturated rings. The molecule has 1 saturated heterocycles. The van der Waals surface area contributed by atoms with E-state index in [1.54, 1.807) is 12.1 Å². The van der Waals surface area contributed by atoms with E-state index in [2.05, 4.69) is 6.08 Å². The number of piperidine rings is 1. The van der Waals surface area contributed by atoms with Gasteiger partial charge >= 0.3 is 6.09 Å². The van der Waals surface area contributed by atoms with Crippen molar-refractivity contribution in [2.75, 3.05) is 13.1 Å². The minimum Gasteiger partial charge on any atom is -0.444 e. The Hall–Kier alpha value is -2.37. The van der Waals surface area contributed by atoms with Gasteiger partial charge in [0.05, 0.1) is 4.92 Å². The van der Waals surface area contributed by atoms with E-state index >= 15 is 0 Å². The number of allylic oxidation sites excluding steroid dienone is 2. The van der Waals surface area contributed by atoms with E-state index in [0.29, 0.717) is 0 Å². The first kappa shape index (κ1) is 19.4. The first-order valence-electron chi connectivity index (χ1n) is 9.59. The number of nitrogens with zero attached hydrogens (tertiary/aromatic N) is 2. The Balaban J connectivity index is 1.58. The highest BCUT2D eigenvalue weighted by atomic mass is 16.6. The van der Waals surface area contributed by atoms with Crippen LogP contribution >= 0.6 is 0 Å². The lowest BCUT2D eigenvalue weighted by atomic mass is 9.68. The van der Waals surface area contributed by atoms with Gasteiger partial charge in [-0.15, -0.1) is 0 Å². The molecule has 6 nitrogen and oxygen atoms in total. The summed E-state index contributed by atoms with van der Waals surface area (Å²) in [5.74, 6) is 0. The highest BCUT2D eigenvalue weighted by Gasteiger charge is 2.37. The average molecular weight is 372 g/mol. The third kappa shape index (κ3) is 4.67. The van der Waals surface area contributed by atoms with E-state index in [1.807, 2.05) is 37.8 Å². The first-order chi connectivity index (χ1) is 12.7. The van der Waals surface area contributed by atoms with Crippen molar-refractivity contribution in [2.45, 2.75) is 58.5 Å². The van der Waals surface area contributed by atoms with Gasteiger partial charge < -0.3 is 9.64 Å². The van der Waals surface area contributed by atoms with Gasteiger partial charge in [-0.25, -0.2) is 4.79 Å². The molecule has 6 heteroatoms. The second-order valence-corrected chi connectivity index (χ2v) is 8.70. The van der Waals surface area contributed by atoms with E-state index in [-0.39, 0.29) is 22.1 Å². The number of nitro benzene ring substituents is 1. The van der Waals surface area contributed by atoms with Crippen LogP contribution in [0.2, 0.25) is 0 Å². The van der Waals surface area contributed by atoms with Crippen LogP contribution in [0.3, 0.4) is 0 Å². The fourth-order valence-electron chi connectivity index (χ4n) is 3.95. The molecule has 0 bridgehead atoms. The summed E-state index contributed by atoms with van der Waals surface area (Å²) in [6, 6.07) is 6.82. The Kier molecular flexibility index (Phi) is 5.27. The molecule has 0 atom stereocenters. The molecule has 2 aliphatic rings. The summed E-state index contributed by atoms with van der Waals surface area (Å²) in [5, 5.41) is 10.8. The van der Waals surface area contributed by atoms with Crippen molar-refractivity contribution in [1.82, 2.24) is 4.90 Å². The normalized spacial score (nSPS) is 19.5. The van der Waals surface area contributed by atoms with Crippen LogP contribution in [0.25, 0.3) is 5.57 Å². The largest absolute Gasteiger partial charge is 0.444 e. The number of amides is 1. The van der Waals surface area contributed by atoms with Crippen LogP contribution in [-0.2, 0) is 4.74 Å². The molecule has 146 valence electrons. The summed E-state index contributed by atoms with van der Waals surface area (Å²) in [7, 11) is 0. The summed E-state index contributed by atoms with van der Waals surface area (Å²) < 4.78 is 5.48. The predicted octanol–water partition coefficient (Wildman–Crippen LogP) is 5.18. The number of rotatable bonds is 2. The highest BCUT2D eigenvalue weighted by Crippen LogP contribution is 2.46. The molecule has 27 heavy (non-hydrogen) atoms. The lowest BCUT2D eigenvalue weighted by Crippen LogP contribution is -2.45. The van der Waals surface area contributed by atoms with Gasteiger partial charge in [-0.3, -0.25) is 10.1 Å². The van der Waals surface area contributed by atoms with Crippen LogP contribution in [0.15, 0.2) is 30.3 Å². The minimum absolute atomic E-state index is 0.126. The number of benzene rings is 1. The molecule has 1 aliphatic heterocycles. The van der Waals surface area contributed by atoms with Gasteiger partial charge in [0.2, 0.25) is 0 Å². The van der Waals surface area contributed by atoms with Crippen molar-refractivity contribution in [3.63, 3.8) is 0 Å². The Labute approximate surface area is 160 Å². The maximum atomic E-state index is 12.2. The van der Waals surface area contributed by atoms with Crippen LogP contribution in [0, 0.1) is 15.5 Å². The van der Waals surface area contributed by atoms with Crippen LogP contribution in [0.1, 0.15) is 58.4 Å². The molecule has 0 aromatic heterocycles. The lowest BCUT2D eigenvalue weighted by molar-refractivity contribution is -0.384. The zero-order valence-corrected chi connectivity index (χ0v) is 16.4. The molecule has 0 saturated carbocycles. The van der Waals surface area contributed by atoms with Crippen molar-refractivity contribution < 1.29 is 14.5 Å². The third-order valence-corrected chi connectivity index (χ3v) is 5.63. The van der Waals surface area contributed by atoms with E-state index in [9.17, 15) is 14.9 Å². The summed E-state index contributed by atoms with van der Waals surface area (Å²) in [6.07, 6.45) is 7.14. The van der Waals surface area contributed by atoms with Crippen molar-refractivity contribution in [3.8, 4) is 0 Å². The Bertz CT molecular complexity index is 738. The number of ether oxygens (including phenoxy) is 1. The second kappa shape index (κ2) is 7.33. The SMILES string of the molecule is CC(C)(C)OC(=O)N1CCC2(CC=C(c3ccc([N+](=O)[O-])cc3)CC2)CC1. The molecule has 0 radical (unpaired) electrons. The van der Waals surface area contributed by atoms with Crippen molar-refractivity contribution >= 4 is 17.4 Å². The molecule has 0 N–H and O–H groups in total. The first-order valence-corrected chi connectivity index (χ1v) is 9.59. The maximum Gasteiger partial charge on any atom is 0.410 e. The summed E-state index contributed by atoms with van der Waals surface area (Å²) >= 11 is 0. The van der Waals surface area contributed by atoms with Crippen molar-refractivity contribution in [3.05, 3.63) is 46.0 Å². The van der Waals surface area contributed by atoms with Gasteiger partial charge in [-0.1, -0.05) is 6.08 Å². The molecule has 1 spiro atoms. The lowest BCUT2D eigenvalue weighted by Gasteiger charge is -2.43. The Morgan fingerprint density at radius 2 is 1.78 bits per heavy atom. The summed E-state index contributed by atoms with van der Waals surface area (Å²) in [5.41, 5.74) is 2.27. The predicted molar refractivity (Wildman–Crippen MR) is 104 cm³/mol. The van der Waals surface area contributed by atoms with Gasteiger partial charge in [-0.05, 0) is 81.6 Å². The molecular weight excluding hydrogens is 344 g/mol. The standard InChI is InChI=1S/C21H28N2O4/c1-20(2,3)27-19(24)22-14-12-21(13-15-22)10-8-17(9-11-21)16-4-6-18(7-5-16)23(25)26/h4-8H,9-15H2,1-3H3. The summed E-state index contributed by atoms with van der Waals surface area (Å²) in [4.78, 5) is 24.5. The third-order valence-electron chi connectivity index (χ3n) is 5.63. The topological polar surface area (TPSA) is 72.7 Å². The average Bonchev–Trinajstić information content (AvgIpc) is 2.62. The fourth-order valence-corrected chi connectivity index (χ4v) is 3.95. The smallest absolute Gasteiger partial charge is 0.410 e. The zero-order chi connectivity index (χ0) is 19.7. The van der Waals surface area contributed by atoms with Crippen LogP contribution in [-0.4, -0.2) is 34.6 Å². The number of non-ortho nitro benzene ring substituents is 1. The van der Waals surface area contributed by atoms with E-state index in [1.165, 1.54) is 5.57 Å². The zero-order valence-electron chi connectivity index (χ0n) is 16.4. The molecule has 3 rings (SSSR count). The molecular formula is C21H28N2O4. The molecule has 1 aromatic rings.